The third-order valence-corrected chi connectivity index (χ3v) is 4.86. The van der Waals surface area contributed by atoms with Crippen molar-refractivity contribution in [3.8, 4) is 5.75 Å². The van der Waals surface area contributed by atoms with Crippen LogP contribution in [0.5, 0.6) is 5.75 Å². The number of benzene rings is 1. The lowest BCUT2D eigenvalue weighted by Gasteiger charge is -2.36. The van der Waals surface area contributed by atoms with Gasteiger partial charge in [0.15, 0.2) is 0 Å². The van der Waals surface area contributed by atoms with E-state index in [0.29, 0.717) is 26.2 Å². The molecule has 2 aromatic rings. The molecule has 0 bridgehead atoms. The van der Waals surface area contributed by atoms with E-state index >= 15 is 0 Å². The fourth-order valence-electron chi connectivity index (χ4n) is 3.45. The first kappa shape index (κ1) is 17.5. The van der Waals surface area contributed by atoms with Crippen LogP contribution in [0.25, 0.3) is 0 Å². The van der Waals surface area contributed by atoms with Crippen molar-refractivity contribution < 1.29 is 14.3 Å². The first-order valence-electron chi connectivity index (χ1n) is 8.53. The van der Waals surface area contributed by atoms with Gasteiger partial charge in [-0.05, 0) is 44.0 Å². The van der Waals surface area contributed by atoms with Crippen LogP contribution >= 0.6 is 0 Å². The zero-order chi connectivity index (χ0) is 18.0. The second-order valence-electron chi connectivity index (χ2n) is 6.49. The molecule has 0 spiro atoms. The molecule has 1 atom stereocenters. The minimum atomic E-state index is -0.0847. The van der Waals surface area contributed by atoms with Gasteiger partial charge in [0.25, 0.3) is 0 Å². The first-order chi connectivity index (χ1) is 12.0. The van der Waals surface area contributed by atoms with Gasteiger partial charge in [-0.2, -0.15) is 5.10 Å². The molecule has 1 amide bonds. The molecule has 0 aliphatic carbocycles. The lowest BCUT2D eigenvalue weighted by Crippen LogP contribution is -2.44. The lowest BCUT2D eigenvalue weighted by atomic mass is 10.0. The van der Waals surface area contributed by atoms with Gasteiger partial charge < -0.3 is 14.4 Å². The number of carbonyl (C=O) groups is 1. The summed E-state index contributed by atoms with van der Waals surface area (Å²) in [5, 5.41) is 7.28. The van der Waals surface area contributed by atoms with Gasteiger partial charge >= 0.3 is 0 Å². The predicted octanol–water partition coefficient (Wildman–Crippen LogP) is 2.49. The standard InChI is InChI=1S/C19H25N3O3/c1-12-9-16(24-4)6-5-15(12)10-18(23)22-7-8-25-11-17(22)19-13(2)20-21-14(19)3/h5-6,9,17H,7-8,10-11H2,1-4H3,(H,20,21). The van der Waals surface area contributed by atoms with Gasteiger partial charge in [-0.3, -0.25) is 9.89 Å². The Morgan fingerprint density at radius 1 is 1.40 bits per heavy atom. The molecule has 0 radical (unpaired) electrons. The normalized spacial score (nSPS) is 17.6. The lowest BCUT2D eigenvalue weighted by molar-refractivity contribution is -0.139. The van der Waals surface area contributed by atoms with Crippen LogP contribution in [-0.2, 0) is 16.0 Å². The highest BCUT2D eigenvalue weighted by Gasteiger charge is 2.31. The van der Waals surface area contributed by atoms with E-state index in [1.54, 1.807) is 7.11 Å². The van der Waals surface area contributed by atoms with Crippen LogP contribution in [0.4, 0.5) is 0 Å². The molecule has 25 heavy (non-hydrogen) atoms. The summed E-state index contributed by atoms with van der Waals surface area (Å²) in [6.45, 7) is 7.63. The molecule has 1 aliphatic rings. The third-order valence-electron chi connectivity index (χ3n) is 4.86. The number of rotatable bonds is 4. The number of nitrogens with one attached hydrogen (secondary N) is 1. The second-order valence-corrected chi connectivity index (χ2v) is 6.49. The van der Waals surface area contributed by atoms with E-state index in [1.165, 1.54) is 0 Å². The molecule has 2 heterocycles. The van der Waals surface area contributed by atoms with E-state index in [1.807, 2.05) is 43.9 Å². The molecule has 6 heteroatoms. The van der Waals surface area contributed by atoms with Crippen molar-refractivity contribution in [1.29, 1.82) is 0 Å². The summed E-state index contributed by atoms with van der Waals surface area (Å²) in [4.78, 5) is 14.9. The van der Waals surface area contributed by atoms with Crippen LogP contribution in [0.3, 0.4) is 0 Å². The molecule has 6 nitrogen and oxygen atoms in total. The first-order valence-corrected chi connectivity index (χ1v) is 8.53. The van der Waals surface area contributed by atoms with E-state index in [-0.39, 0.29) is 11.9 Å². The van der Waals surface area contributed by atoms with Gasteiger partial charge in [0, 0.05) is 17.8 Å². The number of aromatic nitrogens is 2. The van der Waals surface area contributed by atoms with Crippen LogP contribution in [-0.4, -0.2) is 47.9 Å². The van der Waals surface area contributed by atoms with Crippen LogP contribution in [0.1, 0.15) is 34.1 Å². The minimum absolute atomic E-state index is 0.0847. The van der Waals surface area contributed by atoms with Gasteiger partial charge in [0.05, 0.1) is 38.5 Å². The minimum Gasteiger partial charge on any atom is -0.497 e. The number of hydrogen-bond donors (Lipinski definition) is 1. The quantitative estimate of drug-likeness (QED) is 0.926. The summed E-state index contributed by atoms with van der Waals surface area (Å²) in [7, 11) is 1.65. The maximum absolute atomic E-state index is 13.0. The van der Waals surface area contributed by atoms with Gasteiger partial charge in [0.1, 0.15) is 5.75 Å². The fourth-order valence-corrected chi connectivity index (χ4v) is 3.45. The van der Waals surface area contributed by atoms with Crippen LogP contribution in [0, 0.1) is 20.8 Å². The Morgan fingerprint density at radius 2 is 2.20 bits per heavy atom. The number of H-pyrrole nitrogens is 1. The van der Waals surface area contributed by atoms with E-state index in [9.17, 15) is 4.79 Å². The van der Waals surface area contributed by atoms with E-state index in [4.69, 9.17) is 9.47 Å². The molecule has 0 saturated carbocycles. The smallest absolute Gasteiger partial charge is 0.227 e. The maximum Gasteiger partial charge on any atom is 0.227 e. The Hall–Kier alpha value is -2.34. The molecule has 1 aliphatic heterocycles. The van der Waals surface area contributed by atoms with Gasteiger partial charge in [-0.15, -0.1) is 0 Å². The zero-order valence-corrected chi connectivity index (χ0v) is 15.3. The van der Waals surface area contributed by atoms with Crippen LogP contribution in [0.15, 0.2) is 18.2 Å². The summed E-state index contributed by atoms with van der Waals surface area (Å²) < 4.78 is 10.9. The Bertz CT molecular complexity index is 750. The Morgan fingerprint density at radius 3 is 2.84 bits per heavy atom. The number of aromatic amines is 1. The number of morpholine rings is 1. The summed E-state index contributed by atoms with van der Waals surface area (Å²) in [5.41, 5.74) is 5.07. The summed E-state index contributed by atoms with van der Waals surface area (Å²) >= 11 is 0. The highest BCUT2D eigenvalue weighted by atomic mass is 16.5. The zero-order valence-electron chi connectivity index (χ0n) is 15.3. The molecular weight excluding hydrogens is 318 g/mol. The molecule has 1 unspecified atom stereocenters. The molecule has 1 aromatic heterocycles. The SMILES string of the molecule is COc1ccc(CC(=O)N2CCOCC2c2c(C)n[nH]c2C)c(C)c1. The average molecular weight is 343 g/mol. The summed E-state index contributed by atoms with van der Waals surface area (Å²) in [6.07, 6.45) is 0.377. The monoisotopic (exact) mass is 343 g/mol. The Labute approximate surface area is 148 Å². The largest absolute Gasteiger partial charge is 0.497 e. The molecule has 1 N–H and O–H groups in total. The number of ether oxygens (including phenoxy) is 2. The Balaban J connectivity index is 1.82. The van der Waals surface area contributed by atoms with Crippen LogP contribution in [0.2, 0.25) is 0 Å². The number of hydrogen-bond acceptors (Lipinski definition) is 4. The number of amides is 1. The number of nitrogens with zero attached hydrogens (tertiary/aromatic N) is 2. The number of aryl methyl sites for hydroxylation is 3. The second kappa shape index (κ2) is 7.27. The van der Waals surface area contributed by atoms with Crippen molar-refractivity contribution in [3.63, 3.8) is 0 Å². The molecular formula is C19H25N3O3. The average Bonchev–Trinajstić information content (AvgIpc) is 2.95. The van der Waals surface area contributed by atoms with Crippen molar-refractivity contribution in [2.75, 3.05) is 26.9 Å². The molecule has 134 valence electrons. The highest BCUT2D eigenvalue weighted by molar-refractivity contribution is 5.80. The highest BCUT2D eigenvalue weighted by Crippen LogP contribution is 2.29. The van der Waals surface area contributed by atoms with Gasteiger partial charge in [-0.25, -0.2) is 0 Å². The summed E-state index contributed by atoms with van der Waals surface area (Å²) in [5.74, 6) is 0.921. The molecule has 1 fully saturated rings. The van der Waals surface area contributed by atoms with Crippen molar-refractivity contribution in [2.45, 2.75) is 33.2 Å². The van der Waals surface area contributed by atoms with Crippen molar-refractivity contribution in [1.82, 2.24) is 15.1 Å². The molecule has 3 rings (SSSR count). The van der Waals surface area contributed by atoms with Crippen molar-refractivity contribution in [3.05, 3.63) is 46.3 Å². The van der Waals surface area contributed by atoms with Crippen LogP contribution < -0.4 is 4.74 Å². The predicted molar refractivity (Wildman–Crippen MR) is 94.8 cm³/mol. The van der Waals surface area contributed by atoms with E-state index < -0.39 is 0 Å². The Kier molecular flexibility index (Phi) is 5.08. The number of methoxy groups -OCH3 is 1. The van der Waals surface area contributed by atoms with Crippen molar-refractivity contribution in [2.24, 2.45) is 0 Å². The fraction of sp³-hybridized carbons (Fsp3) is 0.474. The maximum atomic E-state index is 13.0. The van der Waals surface area contributed by atoms with E-state index in [0.717, 1.165) is 33.8 Å². The molecule has 1 aromatic carbocycles. The number of carbonyl (C=O) groups excluding carboxylic acids is 1. The van der Waals surface area contributed by atoms with E-state index in [2.05, 4.69) is 10.2 Å². The van der Waals surface area contributed by atoms with Gasteiger partial charge in [0.2, 0.25) is 5.91 Å². The topological polar surface area (TPSA) is 67.4 Å². The van der Waals surface area contributed by atoms with Crippen molar-refractivity contribution >= 4 is 5.91 Å². The summed E-state index contributed by atoms with van der Waals surface area (Å²) in [6, 6.07) is 5.75. The molecule has 1 saturated heterocycles. The van der Waals surface area contributed by atoms with Gasteiger partial charge in [-0.1, -0.05) is 6.07 Å². The third kappa shape index (κ3) is 3.54.